The largest absolute Gasteiger partial charge is 0.504 e. The van der Waals surface area contributed by atoms with Crippen molar-refractivity contribution in [1.82, 2.24) is 0 Å². The summed E-state index contributed by atoms with van der Waals surface area (Å²) >= 11 is 0. The topological polar surface area (TPSA) is 93.1 Å². The zero-order chi connectivity index (χ0) is 17.5. The smallest absolute Gasteiger partial charge is 0.341 e. The van der Waals surface area contributed by atoms with Crippen LogP contribution in [0.25, 0.3) is 6.08 Å². The predicted octanol–water partition coefficient (Wildman–Crippen LogP) is 2.76. The number of carboxylic acid groups (broad SMARTS) is 1. The molecular formula is C18H16O6. The highest BCUT2D eigenvalue weighted by atomic mass is 16.5. The molecule has 6 nitrogen and oxygen atoms in total. The summed E-state index contributed by atoms with van der Waals surface area (Å²) in [4.78, 5) is 22.5. The summed E-state index contributed by atoms with van der Waals surface area (Å²) in [5.41, 5.74) is 1.15. The van der Waals surface area contributed by atoms with Crippen LogP contribution in [-0.4, -0.2) is 35.7 Å². The van der Waals surface area contributed by atoms with Gasteiger partial charge in [-0.2, -0.15) is 0 Å². The number of hydrogen-bond donors (Lipinski definition) is 2. The van der Waals surface area contributed by atoms with Crippen LogP contribution in [-0.2, 0) is 4.79 Å². The number of aromatic hydroxyl groups is 1. The average Bonchev–Trinajstić information content (AvgIpc) is 2.59. The molecule has 24 heavy (non-hydrogen) atoms. The van der Waals surface area contributed by atoms with Crippen LogP contribution in [0.5, 0.6) is 17.2 Å². The average molecular weight is 328 g/mol. The van der Waals surface area contributed by atoms with E-state index in [-0.39, 0.29) is 11.5 Å². The van der Waals surface area contributed by atoms with Gasteiger partial charge in [-0.15, -0.1) is 0 Å². The van der Waals surface area contributed by atoms with Crippen LogP contribution in [0.2, 0.25) is 0 Å². The SMILES string of the molecule is COc1cc(C=CC(=O)c2ccc(OCC(=O)O)cc2)ccc1O. The fourth-order valence-corrected chi connectivity index (χ4v) is 1.93. The molecule has 2 N–H and O–H groups in total. The van der Waals surface area contributed by atoms with Gasteiger partial charge in [0.15, 0.2) is 23.9 Å². The maximum Gasteiger partial charge on any atom is 0.341 e. The van der Waals surface area contributed by atoms with E-state index in [1.807, 2.05) is 0 Å². The molecule has 0 radical (unpaired) electrons. The molecule has 0 heterocycles. The molecule has 0 aliphatic rings. The molecule has 0 spiro atoms. The highest BCUT2D eigenvalue weighted by molar-refractivity contribution is 6.06. The second kappa shape index (κ2) is 7.82. The standard InChI is InChI=1S/C18H16O6/c1-23-17-10-12(3-9-16(17)20)2-8-15(19)13-4-6-14(7-5-13)24-11-18(21)22/h2-10,20H,11H2,1H3,(H,21,22). The van der Waals surface area contributed by atoms with Gasteiger partial charge in [0.2, 0.25) is 0 Å². The van der Waals surface area contributed by atoms with E-state index in [1.165, 1.54) is 31.4 Å². The van der Waals surface area contributed by atoms with Gasteiger partial charge in [-0.3, -0.25) is 4.79 Å². The molecule has 0 fully saturated rings. The highest BCUT2D eigenvalue weighted by Gasteiger charge is 2.05. The molecule has 6 heteroatoms. The maximum absolute atomic E-state index is 12.1. The Labute approximate surface area is 138 Å². The first-order valence-electron chi connectivity index (χ1n) is 7.03. The summed E-state index contributed by atoms with van der Waals surface area (Å²) in [7, 11) is 1.45. The Kier molecular flexibility index (Phi) is 5.57. The van der Waals surface area contributed by atoms with E-state index in [9.17, 15) is 14.7 Å². The Hall–Kier alpha value is -3.28. The van der Waals surface area contributed by atoms with Crippen molar-refractivity contribution in [3.05, 3.63) is 59.7 Å². The molecule has 2 rings (SSSR count). The number of carbonyl (C=O) groups is 2. The number of hydrogen-bond acceptors (Lipinski definition) is 5. The number of rotatable bonds is 7. The van der Waals surface area contributed by atoms with Gasteiger partial charge in [0.25, 0.3) is 0 Å². The fourth-order valence-electron chi connectivity index (χ4n) is 1.93. The van der Waals surface area contributed by atoms with Crippen LogP contribution < -0.4 is 9.47 Å². The van der Waals surface area contributed by atoms with Gasteiger partial charge in [-0.1, -0.05) is 12.1 Å². The number of ether oxygens (including phenoxy) is 2. The normalized spacial score (nSPS) is 10.5. The lowest BCUT2D eigenvalue weighted by molar-refractivity contribution is -0.139. The van der Waals surface area contributed by atoms with Crippen molar-refractivity contribution in [2.24, 2.45) is 0 Å². The summed E-state index contributed by atoms with van der Waals surface area (Å²) in [5.74, 6) is -0.558. The third-order valence-electron chi connectivity index (χ3n) is 3.13. The number of allylic oxidation sites excluding steroid dienone is 1. The van der Waals surface area contributed by atoms with Crippen LogP contribution in [0.4, 0.5) is 0 Å². The van der Waals surface area contributed by atoms with Crippen molar-refractivity contribution in [2.75, 3.05) is 13.7 Å². The van der Waals surface area contributed by atoms with E-state index >= 15 is 0 Å². The number of methoxy groups -OCH3 is 1. The monoisotopic (exact) mass is 328 g/mol. The van der Waals surface area contributed by atoms with Crippen molar-refractivity contribution in [3.8, 4) is 17.2 Å². The van der Waals surface area contributed by atoms with Gasteiger partial charge in [-0.25, -0.2) is 4.79 Å². The first-order chi connectivity index (χ1) is 11.5. The van der Waals surface area contributed by atoms with Crippen LogP contribution in [0.3, 0.4) is 0 Å². The number of phenols is 1. The number of carboxylic acids is 1. The van der Waals surface area contributed by atoms with Crippen LogP contribution in [0, 0.1) is 0 Å². The van der Waals surface area contributed by atoms with E-state index in [0.717, 1.165) is 0 Å². The zero-order valence-electron chi connectivity index (χ0n) is 12.9. The molecule has 0 aliphatic carbocycles. The highest BCUT2D eigenvalue weighted by Crippen LogP contribution is 2.26. The number of phenolic OH excluding ortho intramolecular Hbond substituents is 1. The predicted molar refractivity (Wildman–Crippen MR) is 87.6 cm³/mol. The molecular weight excluding hydrogens is 312 g/mol. The minimum absolute atomic E-state index is 0.0259. The molecule has 124 valence electrons. The Morgan fingerprint density at radius 3 is 2.46 bits per heavy atom. The van der Waals surface area contributed by atoms with Crippen LogP contribution >= 0.6 is 0 Å². The number of aliphatic carboxylic acids is 1. The summed E-state index contributed by atoms with van der Waals surface area (Å²) in [6, 6.07) is 10.9. The lowest BCUT2D eigenvalue weighted by Crippen LogP contribution is -2.09. The lowest BCUT2D eigenvalue weighted by Gasteiger charge is -2.04. The molecule has 0 amide bonds. The summed E-state index contributed by atoms with van der Waals surface area (Å²) in [5, 5.41) is 18.1. The third-order valence-corrected chi connectivity index (χ3v) is 3.13. The van der Waals surface area contributed by atoms with Gasteiger partial charge in [-0.05, 0) is 48.0 Å². The summed E-state index contributed by atoms with van der Waals surface area (Å²) in [6.07, 6.45) is 3.01. The molecule has 0 bridgehead atoms. The summed E-state index contributed by atoms with van der Waals surface area (Å²) in [6.45, 7) is -0.435. The van der Waals surface area contributed by atoms with E-state index in [4.69, 9.17) is 14.6 Å². The van der Waals surface area contributed by atoms with E-state index < -0.39 is 12.6 Å². The quantitative estimate of drug-likeness (QED) is 0.600. The van der Waals surface area contributed by atoms with E-state index in [0.29, 0.717) is 22.6 Å². The molecule has 2 aromatic rings. The second-order valence-corrected chi connectivity index (χ2v) is 4.84. The van der Waals surface area contributed by atoms with Crippen molar-refractivity contribution in [1.29, 1.82) is 0 Å². The number of benzene rings is 2. The minimum Gasteiger partial charge on any atom is -0.504 e. The fraction of sp³-hybridized carbons (Fsp3) is 0.111. The Balaban J connectivity index is 2.05. The van der Waals surface area contributed by atoms with Gasteiger partial charge in [0.05, 0.1) is 7.11 Å². The van der Waals surface area contributed by atoms with E-state index in [2.05, 4.69) is 0 Å². The molecule has 0 unspecified atom stereocenters. The summed E-state index contributed by atoms with van der Waals surface area (Å²) < 4.78 is 10.0. The van der Waals surface area contributed by atoms with Crippen LogP contribution in [0.15, 0.2) is 48.5 Å². The first kappa shape index (κ1) is 17.1. The lowest BCUT2D eigenvalue weighted by atomic mass is 10.1. The van der Waals surface area contributed by atoms with Gasteiger partial charge in [0.1, 0.15) is 5.75 Å². The maximum atomic E-state index is 12.1. The third kappa shape index (κ3) is 4.61. The number of carbonyl (C=O) groups excluding carboxylic acids is 1. The second-order valence-electron chi connectivity index (χ2n) is 4.84. The molecule has 0 aliphatic heterocycles. The van der Waals surface area contributed by atoms with E-state index in [1.54, 1.807) is 30.3 Å². The Morgan fingerprint density at radius 2 is 1.83 bits per heavy atom. The van der Waals surface area contributed by atoms with Gasteiger partial charge < -0.3 is 19.7 Å². The van der Waals surface area contributed by atoms with Crippen molar-refractivity contribution in [3.63, 3.8) is 0 Å². The molecule has 0 saturated heterocycles. The Morgan fingerprint density at radius 1 is 1.12 bits per heavy atom. The Bertz CT molecular complexity index is 762. The van der Waals surface area contributed by atoms with Crippen molar-refractivity contribution in [2.45, 2.75) is 0 Å². The number of ketones is 1. The molecule has 0 aromatic heterocycles. The molecule has 0 atom stereocenters. The van der Waals surface area contributed by atoms with Gasteiger partial charge >= 0.3 is 5.97 Å². The first-order valence-corrected chi connectivity index (χ1v) is 7.03. The van der Waals surface area contributed by atoms with Crippen molar-refractivity contribution < 1.29 is 29.3 Å². The zero-order valence-corrected chi connectivity index (χ0v) is 12.9. The minimum atomic E-state index is -1.07. The van der Waals surface area contributed by atoms with Crippen LogP contribution in [0.1, 0.15) is 15.9 Å². The molecule has 2 aromatic carbocycles. The van der Waals surface area contributed by atoms with Crippen molar-refractivity contribution >= 4 is 17.8 Å². The van der Waals surface area contributed by atoms with Gasteiger partial charge in [0, 0.05) is 5.56 Å². The molecule has 0 saturated carbocycles.